The second-order valence-corrected chi connectivity index (χ2v) is 4.33. The number of amides is 2. The fraction of sp³-hybridized carbons (Fsp3) is 0.667. The van der Waals surface area contributed by atoms with E-state index in [-0.39, 0.29) is 18.7 Å². The zero-order chi connectivity index (χ0) is 13.5. The largest absolute Gasteiger partial charge is 0.481 e. The van der Waals surface area contributed by atoms with Crippen molar-refractivity contribution in [1.29, 1.82) is 0 Å². The number of rotatable bonds is 6. The Morgan fingerprint density at radius 1 is 1.39 bits per heavy atom. The third kappa shape index (κ3) is 4.03. The lowest BCUT2D eigenvalue weighted by molar-refractivity contribution is -0.140. The van der Waals surface area contributed by atoms with E-state index in [0.29, 0.717) is 19.5 Å². The van der Waals surface area contributed by atoms with Crippen LogP contribution in [0.1, 0.15) is 19.8 Å². The van der Waals surface area contributed by atoms with Gasteiger partial charge in [0.1, 0.15) is 0 Å². The molecule has 0 radical (unpaired) electrons. The first kappa shape index (κ1) is 14.5. The second kappa shape index (κ2) is 7.00. The number of nitrogens with one attached hydrogen (secondary N) is 1. The van der Waals surface area contributed by atoms with Crippen molar-refractivity contribution in [2.45, 2.75) is 25.8 Å². The fourth-order valence-electron chi connectivity index (χ4n) is 1.94. The Morgan fingerprint density at radius 3 is 2.61 bits per heavy atom. The summed E-state index contributed by atoms with van der Waals surface area (Å²) in [6.07, 6.45) is 4.51. The average molecular weight is 256 g/mol. The molecule has 0 spiro atoms. The van der Waals surface area contributed by atoms with E-state index in [4.69, 9.17) is 10.2 Å². The van der Waals surface area contributed by atoms with Crippen molar-refractivity contribution >= 4 is 12.0 Å². The number of hydrogen-bond acceptors (Lipinski definition) is 3. The average Bonchev–Trinajstić information content (AvgIpc) is 2.77. The first-order chi connectivity index (χ1) is 8.58. The fourth-order valence-corrected chi connectivity index (χ4v) is 1.94. The monoisotopic (exact) mass is 256 g/mol. The van der Waals surface area contributed by atoms with Crippen LogP contribution in [0.4, 0.5) is 4.79 Å². The van der Waals surface area contributed by atoms with Gasteiger partial charge in [0.05, 0.1) is 18.6 Å². The minimum atomic E-state index is -0.872. The normalized spacial score (nSPS) is 21.9. The molecule has 3 N–H and O–H groups in total. The maximum Gasteiger partial charge on any atom is 0.317 e. The smallest absolute Gasteiger partial charge is 0.317 e. The number of carboxylic acid groups (broad SMARTS) is 1. The van der Waals surface area contributed by atoms with E-state index >= 15 is 0 Å². The summed E-state index contributed by atoms with van der Waals surface area (Å²) in [6.45, 7) is 2.74. The predicted molar refractivity (Wildman–Crippen MR) is 66.2 cm³/mol. The summed E-state index contributed by atoms with van der Waals surface area (Å²) in [6, 6.07) is -0.497. The van der Waals surface area contributed by atoms with Gasteiger partial charge >= 0.3 is 12.0 Å². The quantitative estimate of drug-likeness (QED) is 0.601. The number of nitrogens with zero attached hydrogens (tertiary/aromatic N) is 1. The summed E-state index contributed by atoms with van der Waals surface area (Å²) in [5.74, 6) is -1.39. The number of aliphatic carboxylic acids is 1. The Labute approximate surface area is 106 Å². The Balaban J connectivity index is 2.44. The molecule has 1 aliphatic carbocycles. The molecule has 18 heavy (non-hydrogen) atoms. The van der Waals surface area contributed by atoms with Gasteiger partial charge in [0.15, 0.2) is 0 Å². The van der Waals surface area contributed by atoms with E-state index < -0.39 is 11.9 Å². The van der Waals surface area contributed by atoms with Gasteiger partial charge in [-0.2, -0.15) is 0 Å². The molecule has 6 nitrogen and oxygen atoms in total. The lowest BCUT2D eigenvalue weighted by Gasteiger charge is -2.23. The number of aliphatic hydroxyl groups excluding tert-OH is 1. The van der Waals surface area contributed by atoms with Crippen LogP contribution in [0.2, 0.25) is 0 Å². The summed E-state index contributed by atoms with van der Waals surface area (Å²) in [5, 5.41) is 20.5. The van der Waals surface area contributed by atoms with Gasteiger partial charge in [0, 0.05) is 13.1 Å². The van der Waals surface area contributed by atoms with Crippen LogP contribution in [0.15, 0.2) is 12.2 Å². The molecule has 0 aliphatic heterocycles. The molecule has 0 aromatic rings. The molecule has 2 unspecified atom stereocenters. The van der Waals surface area contributed by atoms with Crippen LogP contribution in [-0.2, 0) is 4.79 Å². The van der Waals surface area contributed by atoms with Gasteiger partial charge in [-0.15, -0.1) is 0 Å². The van der Waals surface area contributed by atoms with Gasteiger partial charge in [-0.25, -0.2) is 4.79 Å². The number of carboxylic acids is 1. The molecular weight excluding hydrogens is 236 g/mol. The molecule has 0 fully saturated rings. The Bertz CT molecular complexity index is 324. The molecule has 2 atom stereocenters. The molecule has 1 aliphatic rings. The molecule has 0 aromatic heterocycles. The zero-order valence-electron chi connectivity index (χ0n) is 10.5. The van der Waals surface area contributed by atoms with Gasteiger partial charge in [-0.3, -0.25) is 4.79 Å². The third-order valence-electron chi connectivity index (χ3n) is 2.86. The summed E-state index contributed by atoms with van der Waals surface area (Å²) < 4.78 is 0. The van der Waals surface area contributed by atoms with Crippen LogP contribution >= 0.6 is 0 Å². The van der Waals surface area contributed by atoms with Crippen LogP contribution in [-0.4, -0.2) is 52.9 Å². The SMILES string of the molecule is CCCN(CCO)C(=O)NC1C=CC(C(=O)O)C1. The van der Waals surface area contributed by atoms with Crippen molar-refractivity contribution in [2.75, 3.05) is 19.7 Å². The highest BCUT2D eigenvalue weighted by Gasteiger charge is 2.26. The van der Waals surface area contributed by atoms with E-state index in [9.17, 15) is 9.59 Å². The van der Waals surface area contributed by atoms with E-state index in [1.807, 2.05) is 6.92 Å². The van der Waals surface area contributed by atoms with Crippen LogP contribution in [0.3, 0.4) is 0 Å². The zero-order valence-corrected chi connectivity index (χ0v) is 10.5. The molecular formula is C12H20N2O4. The minimum absolute atomic E-state index is 0.0777. The summed E-state index contributed by atoms with van der Waals surface area (Å²) in [4.78, 5) is 24.2. The van der Waals surface area contributed by atoms with Gasteiger partial charge in [0.2, 0.25) is 0 Å². The molecule has 1 rings (SSSR count). The van der Waals surface area contributed by atoms with E-state index in [1.165, 1.54) is 4.90 Å². The first-order valence-corrected chi connectivity index (χ1v) is 6.16. The van der Waals surface area contributed by atoms with Crippen molar-refractivity contribution in [1.82, 2.24) is 10.2 Å². The molecule has 0 bridgehead atoms. The van der Waals surface area contributed by atoms with Crippen molar-refractivity contribution in [3.63, 3.8) is 0 Å². The Kier molecular flexibility index (Phi) is 5.64. The number of carbonyl (C=O) groups is 2. The van der Waals surface area contributed by atoms with Crippen molar-refractivity contribution in [2.24, 2.45) is 5.92 Å². The molecule has 0 aromatic carbocycles. The van der Waals surface area contributed by atoms with Gasteiger partial charge in [-0.05, 0) is 12.8 Å². The Morgan fingerprint density at radius 2 is 2.11 bits per heavy atom. The van der Waals surface area contributed by atoms with Crippen LogP contribution in [0.5, 0.6) is 0 Å². The predicted octanol–water partition coefficient (Wildman–Crippen LogP) is 0.430. The summed E-state index contributed by atoms with van der Waals surface area (Å²) in [7, 11) is 0. The number of carbonyl (C=O) groups excluding carboxylic acids is 1. The third-order valence-corrected chi connectivity index (χ3v) is 2.86. The van der Waals surface area contributed by atoms with Gasteiger partial charge in [0.25, 0.3) is 0 Å². The van der Waals surface area contributed by atoms with Crippen molar-refractivity contribution < 1.29 is 19.8 Å². The maximum atomic E-state index is 11.9. The highest BCUT2D eigenvalue weighted by Crippen LogP contribution is 2.18. The molecule has 6 heteroatoms. The molecule has 102 valence electrons. The standard InChI is InChI=1S/C12H20N2O4/c1-2-5-14(6-7-15)12(18)13-10-4-3-9(8-10)11(16)17/h3-4,9-10,15H,2,5-8H2,1H3,(H,13,18)(H,16,17). The molecule has 0 saturated carbocycles. The minimum Gasteiger partial charge on any atom is -0.481 e. The number of urea groups is 1. The van der Waals surface area contributed by atoms with E-state index in [2.05, 4.69) is 5.32 Å². The highest BCUT2D eigenvalue weighted by atomic mass is 16.4. The van der Waals surface area contributed by atoms with E-state index in [0.717, 1.165) is 6.42 Å². The number of aliphatic hydroxyl groups is 1. The lowest BCUT2D eigenvalue weighted by atomic mass is 10.1. The molecule has 0 saturated heterocycles. The van der Waals surface area contributed by atoms with Crippen molar-refractivity contribution in [3.8, 4) is 0 Å². The van der Waals surface area contributed by atoms with Gasteiger partial charge < -0.3 is 20.4 Å². The summed E-state index contributed by atoms with van der Waals surface area (Å²) >= 11 is 0. The molecule has 0 heterocycles. The Hall–Kier alpha value is -1.56. The highest BCUT2D eigenvalue weighted by molar-refractivity contribution is 5.76. The number of hydrogen-bond donors (Lipinski definition) is 3. The summed E-state index contributed by atoms with van der Waals surface area (Å²) in [5.41, 5.74) is 0. The van der Waals surface area contributed by atoms with Crippen molar-refractivity contribution in [3.05, 3.63) is 12.2 Å². The van der Waals surface area contributed by atoms with Crippen LogP contribution in [0.25, 0.3) is 0 Å². The maximum absolute atomic E-state index is 11.9. The second-order valence-electron chi connectivity index (χ2n) is 4.33. The lowest BCUT2D eigenvalue weighted by Crippen LogP contribution is -2.45. The topological polar surface area (TPSA) is 89.9 Å². The van der Waals surface area contributed by atoms with Crippen LogP contribution in [0, 0.1) is 5.92 Å². The van der Waals surface area contributed by atoms with E-state index in [1.54, 1.807) is 12.2 Å². The van der Waals surface area contributed by atoms with Gasteiger partial charge in [-0.1, -0.05) is 19.1 Å². The van der Waals surface area contributed by atoms with Crippen LogP contribution < -0.4 is 5.32 Å². The molecule has 2 amide bonds. The first-order valence-electron chi connectivity index (χ1n) is 6.16.